The summed E-state index contributed by atoms with van der Waals surface area (Å²) in [6.45, 7) is 2.40. The van der Waals surface area contributed by atoms with E-state index in [2.05, 4.69) is 16.5 Å². The van der Waals surface area contributed by atoms with Crippen LogP contribution in [-0.4, -0.2) is 22.9 Å². The third-order valence-corrected chi connectivity index (χ3v) is 4.18. The lowest BCUT2D eigenvalue weighted by molar-refractivity contribution is 0.278. The van der Waals surface area contributed by atoms with Crippen molar-refractivity contribution >= 4 is 11.6 Å². The second-order valence-corrected chi connectivity index (χ2v) is 5.73. The quantitative estimate of drug-likeness (QED) is 0.942. The number of nitrogens with one attached hydrogen (secondary N) is 1. The highest BCUT2D eigenvalue weighted by molar-refractivity contribution is 6.31. The monoisotopic (exact) mass is 316 g/mol. The van der Waals surface area contributed by atoms with E-state index in [1.54, 1.807) is 12.1 Å². The highest BCUT2D eigenvalue weighted by Crippen LogP contribution is 2.22. The second-order valence-electron chi connectivity index (χ2n) is 5.32. The van der Waals surface area contributed by atoms with Crippen molar-refractivity contribution in [2.24, 2.45) is 0 Å². The van der Waals surface area contributed by atoms with E-state index in [0.717, 1.165) is 31.5 Å². The minimum Gasteiger partial charge on any atom is -0.472 e. The average Bonchev–Trinajstić information content (AvgIpc) is 3.03. The van der Waals surface area contributed by atoms with Gasteiger partial charge in [0, 0.05) is 22.8 Å². The minimum absolute atomic E-state index is 0.341. The molecule has 0 unspecified atom stereocenters. The molecule has 114 valence electrons. The Labute approximate surface area is 134 Å². The van der Waals surface area contributed by atoms with Gasteiger partial charge in [0.25, 0.3) is 0 Å². The van der Waals surface area contributed by atoms with Crippen LogP contribution in [0.3, 0.4) is 0 Å². The van der Waals surface area contributed by atoms with Crippen LogP contribution >= 0.6 is 11.6 Å². The van der Waals surface area contributed by atoms with E-state index in [1.807, 2.05) is 23.0 Å². The Hall–Kier alpha value is -2.03. The minimum atomic E-state index is 0.341. The number of aromatic nitrogens is 2. The van der Waals surface area contributed by atoms with Crippen molar-refractivity contribution in [3.63, 3.8) is 0 Å². The number of nitriles is 1. The maximum atomic E-state index is 8.83. The predicted octanol–water partition coefficient (Wildman–Crippen LogP) is 2.91. The van der Waals surface area contributed by atoms with Gasteiger partial charge in [0.05, 0.1) is 17.7 Å². The number of hydrogen-bond donors (Lipinski definition) is 1. The van der Waals surface area contributed by atoms with Gasteiger partial charge in [-0.05, 0) is 38.1 Å². The number of rotatable bonds is 4. The summed E-state index contributed by atoms with van der Waals surface area (Å²) in [5.41, 5.74) is 1.39. The van der Waals surface area contributed by atoms with Crippen LogP contribution in [0.15, 0.2) is 30.5 Å². The zero-order chi connectivity index (χ0) is 15.4. The fraction of sp³-hybridized carbons (Fsp3) is 0.375. The Balaban J connectivity index is 1.62. The largest absolute Gasteiger partial charge is 0.472 e. The smallest absolute Gasteiger partial charge is 0.233 e. The first-order valence-corrected chi connectivity index (χ1v) is 7.71. The van der Waals surface area contributed by atoms with Crippen molar-refractivity contribution in [2.75, 3.05) is 13.1 Å². The van der Waals surface area contributed by atoms with Gasteiger partial charge < -0.3 is 10.1 Å². The van der Waals surface area contributed by atoms with E-state index >= 15 is 0 Å². The predicted molar refractivity (Wildman–Crippen MR) is 83.9 cm³/mol. The zero-order valence-corrected chi connectivity index (χ0v) is 12.9. The molecule has 1 fully saturated rings. The van der Waals surface area contributed by atoms with Gasteiger partial charge in [0.2, 0.25) is 5.88 Å². The third kappa shape index (κ3) is 3.41. The Morgan fingerprint density at radius 2 is 2.18 bits per heavy atom. The lowest BCUT2D eigenvalue weighted by Crippen LogP contribution is -2.29. The first-order chi connectivity index (χ1) is 10.8. The van der Waals surface area contributed by atoms with E-state index in [4.69, 9.17) is 21.6 Å². The van der Waals surface area contributed by atoms with Gasteiger partial charge >= 0.3 is 0 Å². The molecule has 1 N–H and O–H groups in total. The second kappa shape index (κ2) is 6.82. The number of nitrogens with zero attached hydrogens (tertiary/aromatic N) is 3. The normalized spacial score (nSPS) is 15.5. The Morgan fingerprint density at radius 1 is 1.36 bits per heavy atom. The van der Waals surface area contributed by atoms with Crippen LogP contribution in [0, 0.1) is 11.3 Å². The summed E-state index contributed by atoms with van der Waals surface area (Å²) < 4.78 is 7.69. The lowest BCUT2D eigenvalue weighted by atomic mass is 10.1. The molecule has 0 bridgehead atoms. The molecule has 2 heterocycles. The molecule has 0 radical (unpaired) electrons. The SMILES string of the molecule is N#Cc1ccc(COc2ccn(C3CCNCC3)n2)c(Cl)c1. The maximum Gasteiger partial charge on any atom is 0.233 e. The molecule has 1 aromatic heterocycles. The number of benzene rings is 1. The molecule has 0 amide bonds. The summed E-state index contributed by atoms with van der Waals surface area (Å²) in [7, 11) is 0. The molecule has 22 heavy (non-hydrogen) atoms. The molecule has 5 nitrogen and oxygen atoms in total. The molecule has 1 aliphatic rings. The van der Waals surface area contributed by atoms with Crippen LogP contribution < -0.4 is 10.1 Å². The average molecular weight is 317 g/mol. The van der Waals surface area contributed by atoms with Gasteiger partial charge in [-0.15, -0.1) is 5.10 Å². The number of piperidine rings is 1. The molecule has 3 rings (SSSR count). The summed E-state index contributed by atoms with van der Waals surface area (Å²) in [6, 6.07) is 9.57. The van der Waals surface area contributed by atoms with E-state index in [9.17, 15) is 0 Å². The number of hydrogen-bond acceptors (Lipinski definition) is 4. The Kier molecular flexibility index (Phi) is 4.62. The van der Waals surface area contributed by atoms with Crippen LogP contribution in [-0.2, 0) is 6.61 Å². The van der Waals surface area contributed by atoms with Crippen LogP contribution in [0.2, 0.25) is 5.02 Å². The van der Waals surface area contributed by atoms with E-state index < -0.39 is 0 Å². The summed E-state index contributed by atoms with van der Waals surface area (Å²) in [5, 5.41) is 17.2. The van der Waals surface area contributed by atoms with Crippen LogP contribution in [0.5, 0.6) is 5.88 Å². The fourth-order valence-electron chi connectivity index (χ4n) is 2.56. The standard InChI is InChI=1S/C16H17ClN4O/c17-15-9-12(10-18)1-2-13(15)11-22-16-5-8-21(20-16)14-3-6-19-7-4-14/h1-2,5,8-9,14,19H,3-4,6-7,11H2. The van der Waals surface area contributed by atoms with Gasteiger partial charge in [-0.2, -0.15) is 5.26 Å². The molecule has 2 aromatic rings. The topological polar surface area (TPSA) is 62.9 Å². The highest BCUT2D eigenvalue weighted by atomic mass is 35.5. The molecule has 6 heteroatoms. The molecule has 1 aromatic carbocycles. The molecular weight excluding hydrogens is 300 g/mol. The van der Waals surface area contributed by atoms with Crippen LogP contribution in [0.1, 0.15) is 30.0 Å². The van der Waals surface area contributed by atoms with Crippen LogP contribution in [0.4, 0.5) is 0 Å². The number of halogens is 1. The molecule has 1 saturated heterocycles. The van der Waals surface area contributed by atoms with Crippen LogP contribution in [0.25, 0.3) is 0 Å². The number of ether oxygens (including phenoxy) is 1. The van der Waals surface area contributed by atoms with Crippen molar-refractivity contribution in [2.45, 2.75) is 25.5 Å². The van der Waals surface area contributed by atoms with Crippen molar-refractivity contribution in [1.29, 1.82) is 5.26 Å². The molecule has 1 aliphatic heterocycles. The van der Waals surface area contributed by atoms with Crippen molar-refractivity contribution in [1.82, 2.24) is 15.1 Å². The molecule has 0 saturated carbocycles. The van der Waals surface area contributed by atoms with E-state index in [1.165, 1.54) is 0 Å². The zero-order valence-electron chi connectivity index (χ0n) is 12.1. The maximum absolute atomic E-state index is 8.83. The molecule has 0 spiro atoms. The van der Waals surface area contributed by atoms with Gasteiger partial charge in [-0.25, -0.2) is 0 Å². The molecule has 0 atom stereocenters. The summed E-state index contributed by atoms with van der Waals surface area (Å²) in [5.74, 6) is 0.596. The van der Waals surface area contributed by atoms with E-state index in [-0.39, 0.29) is 0 Å². The first kappa shape index (κ1) is 14.9. The Bertz CT molecular complexity index is 686. The summed E-state index contributed by atoms with van der Waals surface area (Å²) >= 11 is 6.14. The molecular formula is C16H17ClN4O. The highest BCUT2D eigenvalue weighted by Gasteiger charge is 2.16. The fourth-order valence-corrected chi connectivity index (χ4v) is 2.79. The van der Waals surface area contributed by atoms with Gasteiger partial charge in [0.15, 0.2) is 0 Å². The summed E-state index contributed by atoms with van der Waals surface area (Å²) in [6.07, 6.45) is 4.14. The molecule has 0 aliphatic carbocycles. The Morgan fingerprint density at radius 3 is 2.91 bits per heavy atom. The van der Waals surface area contributed by atoms with Gasteiger partial charge in [-0.1, -0.05) is 17.7 Å². The van der Waals surface area contributed by atoms with E-state index in [0.29, 0.717) is 29.1 Å². The van der Waals surface area contributed by atoms with Gasteiger partial charge in [-0.3, -0.25) is 4.68 Å². The van der Waals surface area contributed by atoms with Crippen molar-refractivity contribution in [3.8, 4) is 11.9 Å². The third-order valence-electron chi connectivity index (χ3n) is 3.82. The lowest BCUT2D eigenvalue weighted by Gasteiger charge is -2.22. The van der Waals surface area contributed by atoms with Crippen molar-refractivity contribution in [3.05, 3.63) is 46.6 Å². The van der Waals surface area contributed by atoms with Crippen molar-refractivity contribution < 1.29 is 4.74 Å². The first-order valence-electron chi connectivity index (χ1n) is 7.33. The van der Waals surface area contributed by atoms with Gasteiger partial charge in [0.1, 0.15) is 6.61 Å². The summed E-state index contributed by atoms with van der Waals surface area (Å²) in [4.78, 5) is 0.